The molecule has 5 nitrogen and oxygen atoms in total. The van der Waals surface area contributed by atoms with E-state index in [1.165, 1.54) is 30.6 Å². The second-order valence-electron chi connectivity index (χ2n) is 7.39. The Morgan fingerprint density at radius 1 is 1.07 bits per heavy atom. The molecule has 1 aliphatic heterocycles. The van der Waals surface area contributed by atoms with Crippen LogP contribution < -0.4 is 10.2 Å². The average Bonchev–Trinajstić information content (AvgIpc) is 3.23. The summed E-state index contributed by atoms with van der Waals surface area (Å²) < 4.78 is 0. The first kappa shape index (κ1) is 18.3. The van der Waals surface area contributed by atoms with Gasteiger partial charge in [-0.2, -0.15) is 0 Å². The van der Waals surface area contributed by atoms with Crippen molar-refractivity contribution in [3.8, 4) is 0 Å². The van der Waals surface area contributed by atoms with Gasteiger partial charge in [0.1, 0.15) is 5.82 Å². The van der Waals surface area contributed by atoms with Crippen LogP contribution in [-0.4, -0.2) is 34.2 Å². The number of nitrogens with one attached hydrogen (secondary N) is 1. The predicted molar refractivity (Wildman–Crippen MR) is 110 cm³/mol. The van der Waals surface area contributed by atoms with Gasteiger partial charge in [0.2, 0.25) is 5.91 Å². The lowest BCUT2D eigenvalue weighted by Gasteiger charge is -2.32. The molecular weight excluding hydrogens is 356 g/mol. The molecule has 142 valence electrons. The van der Waals surface area contributed by atoms with Crippen molar-refractivity contribution in [2.75, 3.05) is 23.3 Å². The fourth-order valence-corrected chi connectivity index (χ4v) is 5.16. The smallest absolute Gasteiger partial charge is 0.229 e. The topological polar surface area (TPSA) is 58.1 Å². The molecule has 1 unspecified atom stereocenters. The zero-order chi connectivity index (χ0) is 18.5. The molecule has 6 heteroatoms. The van der Waals surface area contributed by atoms with Gasteiger partial charge in [0.25, 0.3) is 0 Å². The zero-order valence-corrected chi connectivity index (χ0v) is 16.3. The summed E-state index contributed by atoms with van der Waals surface area (Å²) in [6.07, 6.45) is 12.4. The first-order valence-electron chi connectivity index (χ1n) is 9.86. The van der Waals surface area contributed by atoms with E-state index in [9.17, 15) is 4.79 Å². The molecule has 0 spiro atoms. The molecule has 1 N–H and O–H groups in total. The van der Waals surface area contributed by atoms with Crippen molar-refractivity contribution < 1.29 is 4.79 Å². The van der Waals surface area contributed by atoms with E-state index in [0.29, 0.717) is 6.54 Å². The van der Waals surface area contributed by atoms with E-state index in [2.05, 4.69) is 32.3 Å². The minimum absolute atomic E-state index is 0.0201. The summed E-state index contributed by atoms with van der Waals surface area (Å²) in [7, 11) is 0. The summed E-state index contributed by atoms with van der Waals surface area (Å²) in [5.74, 6) is 0.927. The number of thioether (sulfide) groups is 1. The summed E-state index contributed by atoms with van der Waals surface area (Å²) in [4.78, 5) is 24.7. The number of nitrogens with zero attached hydrogens (tertiary/aromatic N) is 3. The van der Waals surface area contributed by atoms with Crippen molar-refractivity contribution in [1.82, 2.24) is 9.97 Å². The molecule has 0 radical (unpaired) electrons. The minimum atomic E-state index is -0.0201. The van der Waals surface area contributed by atoms with Gasteiger partial charge < -0.3 is 10.2 Å². The van der Waals surface area contributed by atoms with Gasteiger partial charge in [-0.1, -0.05) is 12.8 Å². The van der Waals surface area contributed by atoms with E-state index >= 15 is 0 Å². The van der Waals surface area contributed by atoms with Gasteiger partial charge in [0.15, 0.2) is 0 Å². The Bertz CT molecular complexity index is 747. The third kappa shape index (κ3) is 4.80. The van der Waals surface area contributed by atoms with E-state index in [0.717, 1.165) is 36.1 Å². The largest absolute Gasteiger partial charge is 0.355 e. The van der Waals surface area contributed by atoms with E-state index < -0.39 is 0 Å². The Balaban J connectivity index is 1.32. The molecule has 2 heterocycles. The number of hydrogen-bond acceptors (Lipinski definition) is 5. The lowest BCUT2D eigenvalue weighted by atomic mass is 9.97. The molecule has 1 atom stereocenters. The van der Waals surface area contributed by atoms with Crippen LogP contribution in [0.4, 0.5) is 11.5 Å². The summed E-state index contributed by atoms with van der Waals surface area (Å²) in [6.45, 7) is 1.62. The van der Waals surface area contributed by atoms with Crippen LogP contribution in [0, 0.1) is 5.92 Å². The van der Waals surface area contributed by atoms with Crippen LogP contribution in [0.5, 0.6) is 0 Å². The molecular formula is C21H26N4OS. The third-order valence-electron chi connectivity index (χ3n) is 5.39. The number of hydrogen-bond donors (Lipinski definition) is 1. The second kappa shape index (κ2) is 8.74. The molecule has 2 fully saturated rings. The average molecular weight is 383 g/mol. The van der Waals surface area contributed by atoms with E-state index in [1.807, 2.05) is 23.9 Å². The maximum Gasteiger partial charge on any atom is 0.229 e. The molecule has 27 heavy (non-hydrogen) atoms. The van der Waals surface area contributed by atoms with Gasteiger partial charge in [-0.25, -0.2) is 4.98 Å². The van der Waals surface area contributed by atoms with Gasteiger partial charge in [0.05, 0.1) is 12.1 Å². The standard InChI is InChI=1S/C21H26N4OS/c26-21(16-4-3-13-25(15-16)20-14-22-11-12-23-20)24-17-7-9-19(10-8-17)27-18-5-1-2-6-18/h7-12,14,16,18H,1-6,13,15H2,(H,24,26). The van der Waals surface area contributed by atoms with Crippen molar-refractivity contribution in [1.29, 1.82) is 0 Å². The van der Waals surface area contributed by atoms with Crippen LogP contribution in [0.25, 0.3) is 0 Å². The van der Waals surface area contributed by atoms with Crippen molar-refractivity contribution in [2.45, 2.75) is 48.7 Å². The molecule has 1 saturated heterocycles. The van der Waals surface area contributed by atoms with Crippen molar-refractivity contribution in [2.24, 2.45) is 5.92 Å². The van der Waals surface area contributed by atoms with Gasteiger partial charge in [-0.3, -0.25) is 9.78 Å². The number of aromatic nitrogens is 2. The number of carbonyl (C=O) groups is 1. The second-order valence-corrected chi connectivity index (χ2v) is 8.76. The molecule has 1 amide bonds. The zero-order valence-electron chi connectivity index (χ0n) is 15.5. The Labute approximate surface area is 165 Å². The summed E-state index contributed by atoms with van der Waals surface area (Å²) in [6, 6.07) is 8.31. The van der Waals surface area contributed by atoms with E-state index in [1.54, 1.807) is 18.6 Å². The Hall–Kier alpha value is -2.08. The number of rotatable bonds is 5. The molecule has 1 aromatic heterocycles. The van der Waals surface area contributed by atoms with Gasteiger partial charge >= 0.3 is 0 Å². The summed E-state index contributed by atoms with van der Waals surface area (Å²) in [5, 5.41) is 3.86. The summed E-state index contributed by atoms with van der Waals surface area (Å²) >= 11 is 1.97. The van der Waals surface area contributed by atoms with Crippen LogP contribution in [0.15, 0.2) is 47.8 Å². The predicted octanol–water partition coefficient (Wildman–Crippen LogP) is 4.37. The fraction of sp³-hybridized carbons (Fsp3) is 0.476. The van der Waals surface area contributed by atoms with Crippen LogP contribution in [0.3, 0.4) is 0 Å². The van der Waals surface area contributed by atoms with Crippen LogP contribution in [0.2, 0.25) is 0 Å². The van der Waals surface area contributed by atoms with Crippen LogP contribution in [-0.2, 0) is 4.79 Å². The van der Waals surface area contributed by atoms with Gasteiger partial charge in [0, 0.05) is 41.3 Å². The van der Waals surface area contributed by atoms with Crippen LogP contribution >= 0.6 is 11.8 Å². The first-order valence-corrected chi connectivity index (χ1v) is 10.7. The first-order chi connectivity index (χ1) is 13.3. The highest BCUT2D eigenvalue weighted by Crippen LogP contribution is 2.35. The summed E-state index contributed by atoms with van der Waals surface area (Å²) in [5.41, 5.74) is 0.882. The molecule has 2 aromatic rings. The van der Waals surface area contributed by atoms with Crippen LogP contribution in [0.1, 0.15) is 38.5 Å². The van der Waals surface area contributed by atoms with Crippen molar-refractivity contribution in [3.05, 3.63) is 42.9 Å². The molecule has 4 rings (SSSR count). The molecule has 2 aliphatic rings. The normalized spacial score (nSPS) is 20.6. The number of carbonyl (C=O) groups excluding carboxylic acids is 1. The SMILES string of the molecule is O=C(Nc1ccc(SC2CCCC2)cc1)C1CCCN(c2cnccn2)C1. The number of amides is 1. The van der Waals surface area contributed by atoms with E-state index in [4.69, 9.17) is 0 Å². The molecule has 1 saturated carbocycles. The highest BCUT2D eigenvalue weighted by Gasteiger charge is 2.26. The highest BCUT2D eigenvalue weighted by atomic mass is 32.2. The lowest BCUT2D eigenvalue weighted by Crippen LogP contribution is -2.41. The Kier molecular flexibility index (Phi) is 5.92. The Morgan fingerprint density at radius 3 is 2.63 bits per heavy atom. The quantitative estimate of drug-likeness (QED) is 0.832. The monoisotopic (exact) mass is 382 g/mol. The van der Waals surface area contributed by atoms with E-state index in [-0.39, 0.29) is 11.8 Å². The lowest BCUT2D eigenvalue weighted by molar-refractivity contribution is -0.120. The van der Waals surface area contributed by atoms with Crippen molar-refractivity contribution in [3.63, 3.8) is 0 Å². The van der Waals surface area contributed by atoms with Crippen molar-refractivity contribution >= 4 is 29.2 Å². The minimum Gasteiger partial charge on any atom is -0.355 e. The van der Waals surface area contributed by atoms with Gasteiger partial charge in [-0.05, 0) is 49.9 Å². The fourth-order valence-electron chi connectivity index (χ4n) is 3.91. The maximum absolute atomic E-state index is 12.7. The number of anilines is 2. The number of piperidine rings is 1. The molecule has 0 bridgehead atoms. The number of benzene rings is 1. The van der Waals surface area contributed by atoms with Gasteiger partial charge in [-0.15, -0.1) is 11.8 Å². The molecule has 1 aromatic carbocycles. The highest BCUT2D eigenvalue weighted by molar-refractivity contribution is 8.00. The maximum atomic E-state index is 12.7. The third-order valence-corrected chi connectivity index (χ3v) is 6.74. The Morgan fingerprint density at radius 2 is 1.89 bits per heavy atom. The molecule has 1 aliphatic carbocycles.